The number of hydrogen-bond acceptors (Lipinski definition) is 5. The van der Waals surface area contributed by atoms with Crippen molar-refractivity contribution in [1.29, 1.82) is 0 Å². The molecule has 0 radical (unpaired) electrons. The van der Waals surface area contributed by atoms with Crippen LogP contribution in [0.15, 0.2) is 30.3 Å². The van der Waals surface area contributed by atoms with Gasteiger partial charge in [0.25, 0.3) is 0 Å². The second kappa shape index (κ2) is 10.5. The number of carbonyl (C=O) groups excluding carboxylic acids is 3. The van der Waals surface area contributed by atoms with Crippen molar-refractivity contribution in [3.63, 3.8) is 0 Å². The van der Waals surface area contributed by atoms with E-state index in [0.717, 1.165) is 11.3 Å². The maximum Gasteiger partial charge on any atom is 0.249 e. The molecule has 1 heterocycles. The van der Waals surface area contributed by atoms with E-state index in [1.54, 1.807) is 11.8 Å². The number of rotatable bonds is 7. The summed E-state index contributed by atoms with van der Waals surface area (Å²) in [4.78, 5) is 37.2. The van der Waals surface area contributed by atoms with Crippen molar-refractivity contribution in [3.05, 3.63) is 35.9 Å². The van der Waals surface area contributed by atoms with E-state index in [2.05, 4.69) is 16.0 Å². The predicted octanol–water partition coefficient (Wildman–Crippen LogP) is 0.987. The molecule has 0 unspecified atom stereocenters. The van der Waals surface area contributed by atoms with Gasteiger partial charge >= 0.3 is 0 Å². The van der Waals surface area contributed by atoms with Crippen molar-refractivity contribution < 1.29 is 19.5 Å². The Hall–Kier alpha value is -2.06. The molecule has 8 heteroatoms. The lowest BCUT2D eigenvalue weighted by molar-refractivity contribution is -0.135. The summed E-state index contributed by atoms with van der Waals surface area (Å²) in [5.74, 6) is -0.399. The highest BCUT2D eigenvalue weighted by Gasteiger charge is 2.34. The minimum Gasteiger partial charge on any atom is -0.383 e. The van der Waals surface area contributed by atoms with Crippen LogP contribution in [0.4, 0.5) is 0 Å². The van der Waals surface area contributed by atoms with Crippen LogP contribution in [0, 0.1) is 5.92 Å². The van der Waals surface area contributed by atoms with Gasteiger partial charge < -0.3 is 21.1 Å². The first kappa shape index (κ1) is 22.2. The summed E-state index contributed by atoms with van der Waals surface area (Å²) in [7, 11) is 0. The van der Waals surface area contributed by atoms with Gasteiger partial charge in [0.1, 0.15) is 18.2 Å². The molecule has 0 bridgehead atoms. The molecule has 7 nitrogen and oxygen atoms in total. The van der Waals surface area contributed by atoms with Crippen LogP contribution >= 0.6 is 11.8 Å². The molecule has 1 saturated heterocycles. The lowest BCUT2D eigenvalue weighted by atomic mass is 10.0. The average Bonchev–Trinajstić information content (AvgIpc) is 2.83. The van der Waals surface area contributed by atoms with Crippen LogP contribution < -0.4 is 16.0 Å². The van der Waals surface area contributed by atoms with Gasteiger partial charge in [0, 0.05) is 12.3 Å². The van der Waals surface area contributed by atoms with E-state index in [-0.39, 0.29) is 17.1 Å². The van der Waals surface area contributed by atoms with Gasteiger partial charge in [0.15, 0.2) is 0 Å². The number of hydrogen-bond donors (Lipinski definition) is 4. The molecule has 0 aromatic heterocycles. The molecular formula is C20H29N3O4S. The molecular weight excluding hydrogens is 378 g/mol. The number of amides is 3. The van der Waals surface area contributed by atoms with Crippen LogP contribution in [-0.2, 0) is 14.4 Å². The number of thioether (sulfide) groups is 1. The normalized spacial score (nSPS) is 22.0. The first-order chi connectivity index (χ1) is 13.3. The van der Waals surface area contributed by atoms with Crippen LogP contribution in [0.5, 0.6) is 0 Å². The van der Waals surface area contributed by atoms with Crippen molar-refractivity contribution in [2.75, 3.05) is 12.3 Å². The van der Waals surface area contributed by atoms with Gasteiger partial charge in [0.2, 0.25) is 17.7 Å². The smallest absolute Gasteiger partial charge is 0.249 e. The highest BCUT2D eigenvalue weighted by atomic mass is 32.2. The van der Waals surface area contributed by atoms with Crippen molar-refractivity contribution in [1.82, 2.24) is 16.0 Å². The zero-order valence-electron chi connectivity index (χ0n) is 16.5. The number of aliphatic hydroxyl groups excluding tert-OH is 1. The second-order valence-corrected chi connectivity index (χ2v) is 8.60. The molecule has 0 aliphatic carbocycles. The molecule has 1 aromatic carbocycles. The summed E-state index contributed by atoms with van der Waals surface area (Å²) in [5, 5.41) is 17.8. The Bertz CT molecular complexity index is 683. The van der Waals surface area contributed by atoms with Gasteiger partial charge in [-0.25, -0.2) is 0 Å². The third-order valence-electron chi connectivity index (χ3n) is 4.46. The Morgan fingerprint density at radius 2 is 1.89 bits per heavy atom. The number of carbonyl (C=O) groups is 3. The van der Waals surface area contributed by atoms with Gasteiger partial charge in [-0.05, 0) is 24.8 Å². The fraction of sp³-hybridized carbons (Fsp3) is 0.550. The summed E-state index contributed by atoms with van der Waals surface area (Å²) in [6.07, 6.45) is -0.846. The lowest BCUT2D eigenvalue weighted by Gasteiger charge is -2.26. The topological polar surface area (TPSA) is 108 Å². The van der Waals surface area contributed by atoms with Gasteiger partial charge in [-0.1, -0.05) is 44.2 Å². The van der Waals surface area contributed by atoms with E-state index in [0.29, 0.717) is 13.0 Å². The van der Waals surface area contributed by atoms with Crippen LogP contribution in [-0.4, -0.2) is 53.3 Å². The number of aliphatic hydroxyl groups is 1. The van der Waals surface area contributed by atoms with Gasteiger partial charge in [0.05, 0.1) is 5.25 Å². The molecule has 1 aliphatic heterocycles. The maximum absolute atomic E-state index is 12.6. The second-order valence-electron chi connectivity index (χ2n) is 7.35. The maximum atomic E-state index is 12.6. The molecule has 1 aliphatic rings. The Kier molecular flexibility index (Phi) is 8.32. The van der Waals surface area contributed by atoms with Crippen molar-refractivity contribution in [2.45, 2.75) is 50.6 Å². The van der Waals surface area contributed by atoms with Crippen molar-refractivity contribution >= 4 is 29.5 Å². The van der Waals surface area contributed by atoms with E-state index in [9.17, 15) is 19.5 Å². The Balaban J connectivity index is 2.05. The van der Waals surface area contributed by atoms with E-state index in [4.69, 9.17) is 0 Å². The lowest BCUT2D eigenvalue weighted by Crippen LogP contribution is -2.54. The molecule has 0 saturated carbocycles. The molecule has 0 spiro atoms. The third kappa shape index (κ3) is 6.24. The summed E-state index contributed by atoms with van der Waals surface area (Å²) >= 11 is 1.60. The molecule has 4 N–H and O–H groups in total. The number of benzene rings is 1. The van der Waals surface area contributed by atoms with Crippen molar-refractivity contribution in [3.8, 4) is 0 Å². The minimum absolute atomic E-state index is 0.156. The first-order valence-corrected chi connectivity index (χ1v) is 10.6. The predicted molar refractivity (Wildman–Crippen MR) is 110 cm³/mol. The molecule has 4 atom stereocenters. The highest BCUT2D eigenvalue weighted by molar-refractivity contribution is 7.99. The van der Waals surface area contributed by atoms with E-state index >= 15 is 0 Å². The quantitative estimate of drug-likeness (QED) is 0.539. The largest absolute Gasteiger partial charge is 0.383 e. The SMILES string of the molecule is CC(C)C[C@H](O)C(=O)N[C@@H](C)C(=O)N[C@@H]1C(=O)NCCS[C@@H]1c1ccccc1. The van der Waals surface area contributed by atoms with E-state index < -0.39 is 30.0 Å². The molecule has 2 rings (SSSR count). The molecule has 1 aromatic rings. The van der Waals surface area contributed by atoms with E-state index in [1.165, 1.54) is 6.92 Å². The molecule has 1 fully saturated rings. The fourth-order valence-corrected chi connectivity index (χ4v) is 4.19. The summed E-state index contributed by atoms with van der Waals surface area (Å²) in [6.45, 7) is 5.87. The third-order valence-corrected chi connectivity index (χ3v) is 5.80. The Labute approximate surface area is 170 Å². The first-order valence-electron chi connectivity index (χ1n) is 9.52. The van der Waals surface area contributed by atoms with Crippen LogP contribution in [0.25, 0.3) is 0 Å². The summed E-state index contributed by atoms with van der Waals surface area (Å²) in [5.41, 5.74) is 0.957. The average molecular weight is 408 g/mol. The zero-order valence-corrected chi connectivity index (χ0v) is 17.3. The van der Waals surface area contributed by atoms with Gasteiger partial charge in [-0.2, -0.15) is 0 Å². The molecule has 154 valence electrons. The summed E-state index contributed by atoms with van der Waals surface area (Å²) < 4.78 is 0. The van der Waals surface area contributed by atoms with Crippen LogP contribution in [0.2, 0.25) is 0 Å². The fourth-order valence-electron chi connectivity index (χ4n) is 2.98. The van der Waals surface area contributed by atoms with Gasteiger partial charge in [-0.15, -0.1) is 11.8 Å². The Morgan fingerprint density at radius 3 is 2.54 bits per heavy atom. The Morgan fingerprint density at radius 1 is 1.21 bits per heavy atom. The molecule has 28 heavy (non-hydrogen) atoms. The standard InChI is InChI=1S/C20H29N3O4S/c1-12(2)11-15(24)19(26)22-13(3)18(25)23-16-17(14-7-5-4-6-8-14)28-10-9-21-20(16)27/h4-8,12-13,15-17,24H,9-11H2,1-3H3,(H,21,27)(H,22,26)(H,23,25)/t13-,15-,16-,17+/m0/s1. The van der Waals surface area contributed by atoms with E-state index in [1.807, 2.05) is 44.2 Å². The van der Waals surface area contributed by atoms with Gasteiger partial charge in [-0.3, -0.25) is 14.4 Å². The monoisotopic (exact) mass is 407 g/mol. The molecule has 3 amide bonds. The highest BCUT2D eigenvalue weighted by Crippen LogP contribution is 2.33. The van der Waals surface area contributed by atoms with Crippen molar-refractivity contribution in [2.24, 2.45) is 5.92 Å². The van der Waals surface area contributed by atoms with Crippen LogP contribution in [0.1, 0.15) is 38.0 Å². The summed E-state index contributed by atoms with van der Waals surface area (Å²) in [6, 6.07) is 7.95. The van der Waals surface area contributed by atoms with Crippen LogP contribution in [0.3, 0.4) is 0 Å². The zero-order chi connectivity index (χ0) is 20.7. The minimum atomic E-state index is -1.16. The number of nitrogens with one attached hydrogen (secondary N) is 3.